The molecule has 0 unspecified atom stereocenters. The van der Waals surface area contributed by atoms with E-state index in [9.17, 15) is 18.8 Å². The van der Waals surface area contributed by atoms with Crippen LogP contribution in [0.15, 0.2) is 65.7 Å². The van der Waals surface area contributed by atoms with E-state index in [4.69, 9.17) is 4.74 Å². The third-order valence-corrected chi connectivity index (χ3v) is 10.1. The van der Waals surface area contributed by atoms with Crippen molar-refractivity contribution in [2.45, 2.75) is 55.7 Å². The number of alkyl halides is 2. The minimum atomic E-state index is -2.76. The van der Waals surface area contributed by atoms with Crippen molar-refractivity contribution in [2.75, 3.05) is 7.11 Å². The normalized spacial score (nSPS) is 24.6. The van der Waals surface area contributed by atoms with Crippen LogP contribution in [0.3, 0.4) is 0 Å². The summed E-state index contributed by atoms with van der Waals surface area (Å²) in [6.45, 7) is 0. The predicted octanol–water partition coefficient (Wildman–Crippen LogP) is 8.66. The number of hydrogen-bond donors (Lipinski definition) is 0. The molecule has 0 N–H and O–H groups in total. The van der Waals surface area contributed by atoms with Crippen LogP contribution in [0.4, 0.5) is 8.78 Å². The van der Waals surface area contributed by atoms with Crippen molar-refractivity contribution in [3.63, 3.8) is 0 Å². The van der Waals surface area contributed by atoms with Crippen molar-refractivity contribution in [3.05, 3.63) is 83.1 Å². The summed E-state index contributed by atoms with van der Waals surface area (Å²) in [6, 6.07) is 18.3. The molecule has 0 spiro atoms. The second-order valence-electron chi connectivity index (χ2n) is 11.8. The van der Waals surface area contributed by atoms with E-state index in [-0.39, 0.29) is 27.5 Å². The lowest BCUT2D eigenvalue weighted by Crippen LogP contribution is -2.49. The molecule has 4 saturated carbocycles. The van der Waals surface area contributed by atoms with Crippen molar-refractivity contribution in [1.82, 2.24) is 4.98 Å². The Kier molecular flexibility index (Phi) is 7.70. The highest BCUT2D eigenvalue weighted by Gasteiger charge is 2.53. The fourth-order valence-corrected chi connectivity index (χ4v) is 8.62. The molecule has 210 valence electrons. The quantitative estimate of drug-likeness (QED) is 0.190. The van der Waals surface area contributed by atoms with Gasteiger partial charge in [0.15, 0.2) is 5.78 Å². The molecule has 3 aromatic rings. The summed E-state index contributed by atoms with van der Waals surface area (Å²) in [7, 11) is 1.58. The maximum atomic E-state index is 13.8. The van der Waals surface area contributed by atoms with Gasteiger partial charge >= 0.3 is 0 Å². The fourth-order valence-electron chi connectivity index (χ4n) is 7.63. The fraction of sp³-hybridized carbons (Fsp3) is 0.382. The van der Waals surface area contributed by atoms with Gasteiger partial charge in [0.1, 0.15) is 22.5 Å². The Morgan fingerprint density at radius 1 is 1.10 bits per heavy atom. The Balaban J connectivity index is 1.24. The molecule has 0 aliphatic heterocycles. The van der Waals surface area contributed by atoms with Crippen LogP contribution in [0.1, 0.15) is 67.3 Å². The first-order chi connectivity index (χ1) is 19.9. The smallest absolute Gasteiger partial charge is 0.280 e. The number of methoxy groups -OCH3 is 1. The third kappa shape index (κ3) is 5.55. The van der Waals surface area contributed by atoms with Crippen LogP contribution < -0.4 is 4.74 Å². The Morgan fingerprint density at radius 3 is 2.39 bits per heavy atom. The number of pyridine rings is 1. The molecule has 4 nitrogen and oxygen atoms in total. The van der Waals surface area contributed by atoms with Gasteiger partial charge in [0.05, 0.1) is 12.7 Å². The van der Waals surface area contributed by atoms with Crippen LogP contribution >= 0.6 is 11.8 Å². The summed E-state index contributed by atoms with van der Waals surface area (Å²) in [5.41, 5.74) is 2.55. The number of thioether (sulfide) groups is 1. The molecule has 7 rings (SSSR count). The molecule has 2 aromatic carbocycles. The number of rotatable bonds is 9. The summed E-state index contributed by atoms with van der Waals surface area (Å²) in [5.74, 6) is 3.39. The highest BCUT2D eigenvalue weighted by atomic mass is 32.2. The van der Waals surface area contributed by atoms with Crippen molar-refractivity contribution < 1.29 is 18.3 Å². The minimum absolute atomic E-state index is 0.179. The van der Waals surface area contributed by atoms with Crippen LogP contribution in [0.2, 0.25) is 0 Å². The SMILES string of the molecule is COc1ccc(/C=C/C(=O)C23CC4CC(CC(C4)C2)C3)cc1CSc1nc(C(F)F)cc(-c2ccccc2)c1C#N. The van der Waals surface area contributed by atoms with Crippen LogP contribution in [0.5, 0.6) is 5.75 Å². The van der Waals surface area contributed by atoms with E-state index in [0.717, 1.165) is 30.4 Å². The Morgan fingerprint density at radius 2 is 1.78 bits per heavy atom. The van der Waals surface area contributed by atoms with Gasteiger partial charge < -0.3 is 4.74 Å². The van der Waals surface area contributed by atoms with Gasteiger partial charge in [-0.1, -0.05) is 42.5 Å². The molecule has 0 amide bonds. The van der Waals surface area contributed by atoms with Crippen LogP contribution in [0.25, 0.3) is 17.2 Å². The maximum absolute atomic E-state index is 13.8. The molecule has 4 aliphatic rings. The number of carbonyl (C=O) groups is 1. The molecule has 4 aliphatic carbocycles. The lowest BCUT2D eigenvalue weighted by molar-refractivity contribution is -0.138. The van der Waals surface area contributed by atoms with Gasteiger partial charge in [-0.2, -0.15) is 5.26 Å². The lowest BCUT2D eigenvalue weighted by atomic mass is 9.48. The maximum Gasteiger partial charge on any atom is 0.280 e. The molecule has 4 bridgehead atoms. The molecule has 0 saturated heterocycles. The summed E-state index contributed by atoms with van der Waals surface area (Å²) >= 11 is 1.23. The molecule has 41 heavy (non-hydrogen) atoms. The standard InChI is InChI=1S/C34H32F2N2O2S/c1-40-30-9-7-21(8-10-31(39)34-16-22-11-23(17-34)13-24(12-22)18-34)14-26(30)20-41-33-28(19-37)27(15-29(38-33)32(35)36)25-5-3-2-4-6-25/h2-10,14-15,22-24,32H,11-13,16-18,20H2,1H3/b10-8+. The molecule has 0 atom stereocenters. The van der Waals surface area contributed by atoms with E-state index in [0.29, 0.717) is 40.4 Å². The average molecular weight is 571 g/mol. The monoisotopic (exact) mass is 570 g/mol. The second kappa shape index (κ2) is 11.4. The number of halogens is 2. The van der Waals surface area contributed by atoms with Gasteiger partial charge in [-0.3, -0.25) is 4.79 Å². The van der Waals surface area contributed by atoms with Gasteiger partial charge in [-0.25, -0.2) is 13.8 Å². The van der Waals surface area contributed by atoms with E-state index in [2.05, 4.69) is 11.1 Å². The first kappa shape index (κ1) is 27.7. The molecular formula is C34H32F2N2O2S. The van der Waals surface area contributed by atoms with Gasteiger partial charge in [0.25, 0.3) is 6.43 Å². The number of hydrogen-bond acceptors (Lipinski definition) is 5. The van der Waals surface area contributed by atoms with Crippen molar-refractivity contribution in [1.29, 1.82) is 5.26 Å². The summed E-state index contributed by atoms with van der Waals surface area (Å²) in [5, 5.41) is 10.2. The Hall–Kier alpha value is -3.50. The van der Waals surface area contributed by atoms with Crippen molar-refractivity contribution in [2.24, 2.45) is 23.2 Å². The zero-order valence-corrected chi connectivity index (χ0v) is 23.8. The first-order valence-electron chi connectivity index (χ1n) is 14.2. The van der Waals surface area contributed by atoms with E-state index in [1.54, 1.807) is 25.3 Å². The zero-order chi connectivity index (χ0) is 28.6. The number of aromatic nitrogens is 1. The van der Waals surface area contributed by atoms with E-state index < -0.39 is 6.43 Å². The molecule has 7 heteroatoms. The average Bonchev–Trinajstić information content (AvgIpc) is 2.98. The first-order valence-corrected chi connectivity index (χ1v) is 15.2. The summed E-state index contributed by atoms with van der Waals surface area (Å²) in [6.07, 6.45) is 7.87. The minimum Gasteiger partial charge on any atom is -0.496 e. The topological polar surface area (TPSA) is 63.0 Å². The molecule has 4 fully saturated rings. The lowest BCUT2D eigenvalue weighted by Gasteiger charge is -2.55. The number of ether oxygens (including phenoxy) is 1. The highest BCUT2D eigenvalue weighted by Crippen LogP contribution is 2.60. The number of nitriles is 1. The van der Waals surface area contributed by atoms with Gasteiger partial charge in [-0.15, -0.1) is 11.8 Å². The van der Waals surface area contributed by atoms with Crippen LogP contribution in [-0.2, 0) is 10.5 Å². The van der Waals surface area contributed by atoms with Crippen LogP contribution in [-0.4, -0.2) is 17.9 Å². The summed E-state index contributed by atoms with van der Waals surface area (Å²) in [4.78, 5) is 17.6. The molecule has 1 aromatic heterocycles. The Labute approximate surface area is 243 Å². The van der Waals surface area contributed by atoms with Gasteiger partial charge in [0.2, 0.25) is 0 Å². The van der Waals surface area contributed by atoms with E-state index in [1.165, 1.54) is 37.1 Å². The number of carbonyl (C=O) groups excluding carboxylic acids is 1. The number of ketones is 1. The van der Waals surface area contributed by atoms with Crippen molar-refractivity contribution >= 4 is 23.6 Å². The molecule has 1 heterocycles. The van der Waals surface area contributed by atoms with Crippen LogP contribution in [0, 0.1) is 34.5 Å². The zero-order valence-electron chi connectivity index (χ0n) is 23.0. The molecular weight excluding hydrogens is 538 g/mol. The van der Waals surface area contributed by atoms with Crippen molar-refractivity contribution in [3.8, 4) is 22.9 Å². The van der Waals surface area contributed by atoms with Gasteiger partial charge in [0, 0.05) is 22.3 Å². The highest BCUT2D eigenvalue weighted by molar-refractivity contribution is 7.98. The van der Waals surface area contributed by atoms with Gasteiger partial charge in [-0.05, 0) is 91.7 Å². The predicted molar refractivity (Wildman–Crippen MR) is 157 cm³/mol. The summed E-state index contributed by atoms with van der Waals surface area (Å²) < 4.78 is 33.2. The Bertz CT molecular complexity index is 1490. The number of allylic oxidation sites excluding steroid dienone is 1. The number of nitrogens with zero attached hydrogens (tertiary/aromatic N) is 2. The second-order valence-corrected chi connectivity index (χ2v) is 12.8. The van der Waals surface area contributed by atoms with E-state index >= 15 is 0 Å². The molecule has 0 radical (unpaired) electrons. The third-order valence-electron chi connectivity index (χ3n) is 9.08. The van der Waals surface area contributed by atoms with E-state index in [1.807, 2.05) is 42.5 Å². The largest absolute Gasteiger partial charge is 0.496 e. The number of benzene rings is 2.